The molecule has 1 N–H and O–H groups in total. The van der Waals surface area contributed by atoms with Gasteiger partial charge in [-0.1, -0.05) is 6.08 Å². The Kier molecular flexibility index (Phi) is 4.06. The smallest absolute Gasteiger partial charge is 0.312 e. The summed E-state index contributed by atoms with van der Waals surface area (Å²) < 4.78 is 10.1. The van der Waals surface area contributed by atoms with E-state index in [9.17, 15) is 9.59 Å². The van der Waals surface area contributed by atoms with Gasteiger partial charge in [0.25, 0.3) is 0 Å². The number of hydrogen-bond donors (Lipinski definition) is 1. The van der Waals surface area contributed by atoms with Gasteiger partial charge in [-0.15, -0.1) is 6.58 Å². The fraction of sp³-hybridized carbons (Fsp3) is 0.714. The van der Waals surface area contributed by atoms with Crippen LogP contribution in [0, 0.1) is 11.3 Å². The van der Waals surface area contributed by atoms with Gasteiger partial charge in [0.2, 0.25) is 0 Å². The van der Waals surface area contributed by atoms with Gasteiger partial charge in [0.15, 0.2) is 5.78 Å². The predicted molar refractivity (Wildman–Crippen MR) is 69.6 cm³/mol. The van der Waals surface area contributed by atoms with Crippen molar-refractivity contribution in [1.29, 1.82) is 0 Å². The SMILES string of the molecule is C=CC1CC1(CC(=O)C1CC(OC)CN1)C(=O)OC. The first-order valence-electron chi connectivity index (χ1n) is 6.57. The molecule has 1 aliphatic carbocycles. The molecule has 1 aliphatic heterocycles. The summed E-state index contributed by atoms with van der Waals surface area (Å²) >= 11 is 0. The molecule has 106 valence electrons. The fourth-order valence-corrected chi connectivity index (χ4v) is 2.92. The Balaban J connectivity index is 1.98. The van der Waals surface area contributed by atoms with Crippen LogP contribution in [0.15, 0.2) is 12.7 Å². The van der Waals surface area contributed by atoms with Crippen molar-refractivity contribution < 1.29 is 19.1 Å². The lowest BCUT2D eigenvalue weighted by Crippen LogP contribution is -2.34. The minimum absolute atomic E-state index is 0.0588. The van der Waals surface area contributed by atoms with Gasteiger partial charge >= 0.3 is 5.97 Å². The summed E-state index contributed by atoms with van der Waals surface area (Å²) in [5.74, 6) is -0.176. The first-order valence-corrected chi connectivity index (χ1v) is 6.57. The van der Waals surface area contributed by atoms with Crippen LogP contribution < -0.4 is 5.32 Å². The van der Waals surface area contributed by atoms with E-state index in [4.69, 9.17) is 9.47 Å². The van der Waals surface area contributed by atoms with E-state index in [2.05, 4.69) is 11.9 Å². The Bertz CT molecular complexity index is 395. The number of hydrogen-bond acceptors (Lipinski definition) is 5. The summed E-state index contributed by atoms with van der Waals surface area (Å²) in [6.07, 6.45) is 3.38. The molecule has 0 aromatic rings. The summed E-state index contributed by atoms with van der Waals surface area (Å²) in [6.45, 7) is 4.39. The minimum Gasteiger partial charge on any atom is -0.469 e. The third-order valence-corrected chi connectivity index (χ3v) is 4.31. The molecule has 0 aromatic heterocycles. The van der Waals surface area contributed by atoms with E-state index in [1.807, 2.05) is 0 Å². The van der Waals surface area contributed by atoms with Crippen LogP contribution in [0.4, 0.5) is 0 Å². The van der Waals surface area contributed by atoms with Crippen molar-refractivity contribution in [2.24, 2.45) is 11.3 Å². The number of methoxy groups -OCH3 is 2. The molecule has 2 aliphatic rings. The zero-order chi connectivity index (χ0) is 14.0. The van der Waals surface area contributed by atoms with Crippen molar-refractivity contribution in [2.45, 2.75) is 31.4 Å². The maximum atomic E-state index is 12.3. The van der Waals surface area contributed by atoms with Crippen LogP contribution in [0.3, 0.4) is 0 Å². The van der Waals surface area contributed by atoms with Crippen LogP contribution in [0.1, 0.15) is 19.3 Å². The number of allylic oxidation sites excluding steroid dienone is 1. The molecule has 0 radical (unpaired) electrons. The second-order valence-electron chi connectivity index (χ2n) is 5.39. The molecule has 1 saturated carbocycles. The number of carbonyl (C=O) groups excluding carboxylic acids is 2. The lowest BCUT2D eigenvalue weighted by atomic mass is 9.92. The van der Waals surface area contributed by atoms with Crippen LogP contribution in [0.25, 0.3) is 0 Å². The maximum Gasteiger partial charge on any atom is 0.312 e. The molecular weight excluding hydrogens is 246 g/mol. The first kappa shape index (κ1) is 14.2. The average Bonchev–Trinajstić information content (AvgIpc) is 2.92. The second kappa shape index (κ2) is 5.43. The molecule has 0 bridgehead atoms. The predicted octanol–water partition coefficient (Wildman–Crippen LogP) is 0.688. The van der Waals surface area contributed by atoms with Crippen molar-refractivity contribution in [1.82, 2.24) is 5.32 Å². The third-order valence-electron chi connectivity index (χ3n) is 4.31. The fourth-order valence-electron chi connectivity index (χ4n) is 2.92. The normalized spacial score (nSPS) is 36.8. The lowest BCUT2D eigenvalue weighted by Gasteiger charge is -2.16. The van der Waals surface area contributed by atoms with Crippen molar-refractivity contribution in [3.8, 4) is 0 Å². The van der Waals surface area contributed by atoms with Gasteiger partial charge in [-0.25, -0.2) is 0 Å². The summed E-state index contributed by atoms with van der Waals surface area (Å²) in [4.78, 5) is 24.2. The number of Topliss-reactive ketones (excluding diaryl/α,β-unsaturated/α-hetero) is 1. The summed E-state index contributed by atoms with van der Waals surface area (Å²) in [6, 6.07) is -0.211. The van der Waals surface area contributed by atoms with Crippen molar-refractivity contribution >= 4 is 11.8 Å². The number of ketones is 1. The Labute approximate surface area is 113 Å². The number of rotatable bonds is 6. The zero-order valence-electron chi connectivity index (χ0n) is 11.5. The van der Waals surface area contributed by atoms with Crippen LogP contribution in [-0.4, -0.2) is 44.7 Å². The van der Waals surface area contributed by atoms with Gasteiger partial charge in [0.05, 0.1) is 24.7 Å². The molecule has 19 heavy (non-hydrogen) atoms. The number of ether oxygens (including phenoxy) is 2. The van der Waals surface area contributed by atoms with E-state index in [1.165, 1.54) is 7.11 Å². The molecule has 4 atom stereocenters. The zero-order valence-corrected chi connectivity index (χ0v) is 11.5. The molecule has 5 heteroatoms. The monoisotopic (exact) mass is 267 g/mol. The van der Waals surface area contributed by atoms with Crippen molar-refractivity contribution in [2.75, 3.05) is 20.8 Å². The molecular formula is C14H21NO4. The summed E-state index contributed by atoms with van der Waals surface area (Å²) in [7, 11) is 3.01. The van der Waals surface area contributed by atoms with E-state index in [1.54, 1.807) is 13.2 Å². The van der Waals surface area contributed by atoms with Gasteiger partial charge in [-0.05, 0) is 18.8 Å². The second-order valence-corrected chi connectivity index (χ2v) is 5.39. The maximum absolute atomic E-state index is 12.3. The topological polar surface area (TPSA) is 64.6 Å². The van der Waals surface area contributed by atoms with Crippen molar-refractivity contribution in [3.63, 3.8) is 0 Å². The molecule has 0 aromatic carbocycles. The van der Waals surface area contributed by atoms with Crippen LogP contribution in [0.2, 0.25) is 0 Å². The Morgan fingerprint density at radius 1 is 1.47 bits per heavy atom. The number of nitrogens with one attached hydrogen (secondary N) is 1. The summed E-state index contributed by atoms with van der Waals surface area (Å²) in [5, 5.41) is 3.15. The molecule has 1 heterocycles. The summed E-state index contributed by atoms with van der Waals surface area (Å²) in [5.41, 5.74) is -0.666. The van der Waals surface area contributed by atoms with E-state index >= 15 is 0 Å². The van der Waals surface area contributed by atoms with E-state index in [0.29, 0.717) is 19.4 Å². The van der Waals surface area contributed by atoms with Gasteiger partial charge in [0, 0.05) is 20.1 Å². The Morgan fingerprint density at radius 2 is 2.21 bits per heavy atom. The van der Waals surface area contributed by atoms with Gasteiger partial charge in [-0.2, -0.15) is 0 Å². The van der Waals surface area contributed by atoms with Crippen LogP contribution in [0.5, 0.6) is 0 Å². The Hall–Kier alpha value is -1.20. The highest BCUT2D eigenvalue weighted by Gasteiger charge is 2.60. The third kappa shape index (κ3) is 2.58. The lowest BCUT2D eigenvalue weighted by molar-refractivity contribution is -0.149. The molecule has 0 amide bonds. The largest absolute Gasteiger partial charge is 0.469 e. The molecule has 0 spiro atoms. The van der Waals surface area contributed by atoms with Crippen molar-refractivity contribution in [3.05, 3.63) is 12.7 Å². The first-order chi connectivity index (χ1) is 9.07. The van der Waals surface area contributed by atoms with Crippen LogP contribution >= 0.6 is 0 Å². The quantitative estimate of drug-likeness (QED) is 0.566. The number of esters is 1. The number of carbonyl (C=O) groups is 2. The van der Waals surface area contributed by atoms with E-state index in [-0.39, 0.29) is 36.2 Å². The highest BCUT2D eigenvalue weighted by molar-refractivity contribution is 5.92. The van der Waals surface area contributed by atoms with Gasteiger partial charge in [-0.3, -0.25) is 9.59 Å². The molecule has 4 unspecified atom stereocenters. The minimum atomic E-state index is -0.666. The average molecular weight is 267 g/mol. The van der Waals surface area contributed by atoms with E-state index in [0.717, 1.165) is 0 Å². The highest BCUT2D eigenvalue weighted by Crippen LogP contribution is 2.57. The van der Waals surface area contributed by atoms with Crippen LogP contribution in [-0.2, 0) is 19.1 Å². The standard InChI is InChI=1S/C14H21NO4/c1-4-9-6-14(9,13(17)19-3)7-12(16)11-5-10(18-2)8-15-11/h4,9-11,15H,1,5-8H2,2-3H3. The van der Waals surface area contributed by atoms with Gasteiger partial charge < -0.3 is 14.8 Å². The molecule has 2 fully saturated rings. The molecule has 1 saturated heterocycles. The molecule has 5 nitrogen and oxygen atoms in total. The Morgan fingerprint density at radius 3 is 2.68 bits per heavy atom. The molecule has 2 rings (SSSR count). The highest BCUT2D eigenvalue weighted by atomic mass is 16.5. The van der Waals surface area contributed by atoms with E-state index < -0.39 is 5.41 Å². The van der Waals surface area contributed by atoms with Gasteiger partial charge in [0.1, 0.15) is 0 Å².